The number of hydrazone groups is 1. The van der Waals surface area contributed by atoms with Crippen LogP contribution in [0.3, 0.4) is 0 Å². The molecule has 0 saturated heterocycles. The number of H-pyrrole nitrogens is 1. The van der Waals surface area contributed by atoms with Gasteiger partial charge in [0.2, 0.25) is 0 Å². The molecule has 9 nitrogen and oxygen atoms in total. The first-order valence-corrected chi connectivity index (χ1v) is 5.22. The van der Waals surface area contributed by atoms with Gasteiger partial charge in [0.25, 0.3) is 5.95 Å². The van der Waals surface area contributed by atoms with Gasteiger partial charge in [-0.05, 0) is 5.21 Å². The Morgan fingerprint density at radius 3 is 2.84 bits per heavy atom. The highest BCUT2D eigenvalue weighted by Crippen LogP contribution is 2.31. The third kappa shape index (κ3) is 2.89. The second-order valence-electron chi connectivity index (χ2n) is 3.37. The average molecular weight is 264 g/mol. The summed E-state index contributed by atoms with van der Waals surface area (Å²) in [5.41, 5.74) is 2.94. The minimum Gasteiger partial charge on any atom is -0.507 e. The summed E-state index contributed by atoms with van der Waals surface area (Å²) in [6.07, 6.45) is 1.38. The summed E-state index contributed by atoms with van der Waals surface area (Å²) in [5.74, 6) is 1.10. The summed E-state index contributed by atoms with van der Waals surface area (Å²) >= 11 is 0. The Morgan fingerprint density at radius 2 is 2.21 bits per heavy atom. The number of aromatic nitrogens is 4. The highest BCUT2D eigenvalue weighted by Gasteiger charge is 2.09. The summed E-state index contributed by atoms with van der Waals surface area (Å²) < 4.78 is 10.2. The van der Waals surface area contributed by atoms with Crippen molar-refractivity contribution < 1.29 is 14.6 Å². The maximum Gasteiger partial charge on any atom is 0.283 e. The fraction of sp³-hybridized carbons (Fsp3) is 0.200. The van der Waals surface area contributed by atoms with Gasteiger partial charge in [0.05, 0.1) is 26.0 Å². The van der Waals surface area contributed by atoms with E-state index < -0.39 is 0 Å². The molecule has 9 heteroatoms. The molecule has 0 radical (unpaired) electrons. The second-order valence-corrected chi connectivity index (χ2v) is 3.37. The molecule has 0 fully saturated rings. The molecule has 2 aromatic rings. The van der Waals surface area contributed by atoms with Crippen molar-refractivity contribution in [3.63, 3.8) is 0 Å². The van der Waals surface area contributed by atoms with Crippen molar-refractivity contribution in [2.24, 2.45) is 5.10 Å². The molecular formula is C10H12N6O3. The summed E-state index contributed by atoms with van der Waals surface area (Å²) in [6, 6.07) is 3.09. The third-order valence-corrected chi connectivity index (χ3v) is 2.25. The van der Waals surface area contributed by atoms with E-state index in [4.69, 9.17) is 9.47 Å². The lowest BCUT2D eigenvalue weighted by atomic mass is 10.2. The van der Waals surface area contributed by atoms with Gasteiger partial charge in [-0.2, -0.15) is 10.3 Å². The van der Waals surface area contributed by atoms with E-state index in [0.29, 0.717) is 17.1 Å². The zero-order valence-electron chi connectivity index (χ0n) is 10.3. The first-order chi connectivity index (χ1) is 9.24. The number of nitrogens with one attached hydrogen (secondary N) is 2. The van der Waals surface area contributed by atoms with E-state index in [1.165, 1.54) is 26.5 Å². The Kier molecular flexibility index (Phi) is 3.76. The Hall–Kier alpha value is -2.84. The second kappa shape index (κ2) is 5.67. The van der Waals surface area contributed by atoms with Crippen LogP contribution >= 0.6 is 0 Å². The van der Waals surface area contributed by atoms with Crippen molar-refractivity contribution in [2.45, 2.75) is 0 Å². The maximum atomic E-state index is 9.86. The predicted molar refractivity (Wildman–Crippen MR) is 66.6 cm³/mol. The molecule has 0 saturated carbocycles. The topological polar surface area (TPSA) is 118 Å². The lowest BCUT2D eigenvalue weighted by molar-refractivity contribution is 0.384. The Morgan fingerprint density at radius 1 is 1.37 bits per heavy atom. The number of tetrazole rings is 1. The van der Waals surface area contributed by atoms with Crippen LogP contribution in [0, 0.1) is 0 Å². The number of ether oxygens (including phenoxy) is 2. The van der Waals surface area contributed by atoms with E-state index in [2.05, 4.69) is 31.2 Å². The quantitative estimate of drug-likeness (QED) is 0.527. The molecule has 1 heterocycles. The molecule has 1 aromatic carbocycles. The van der Waals surface area contributed by atoms with E-state index in [9.17, 15) is 5.11 Å². The number of phenols is 1. The van der Waals surface area contributed by atoms with Crippen molar-refractivity contribution in [1.29, 1.82) is 0 Å². The Bertz CT molecular complexity index is 569. The van der Waals surface area contributed by atoms with Crippen molar-refractivity contribution in [3.05, 3.63) is 17.7 Å². The zero-order chi connectivity index (χ0) is 13.7. The van der Waals surface area contributed by atoms with E-state index >= 15 is 0 Å². The lowest BCUT2D eigenvalue weighted by Gasteiger charge is -2.09. The molecule has 2 rings (SSSR count). The molecule has 0 atom stereocenters. The van der Waals surface area contributed by atoms with Crippen molar-refractivity contribution >= 4 is 12.2 Å². The lowest BCUT2D eigenvalue weighted by Crippen LogP contribution is -1.97. The SMILES string of the molecule is COc1cc(O)c(/C=N\Nc2nn[nH]n2)c(OC)c1. The van der Waals surface area contributed by atoms with Crippen molar-refractivity contribution in [2.75, 3.05) is 19.6 Å². The number of hydrogen-bond acceptors (Lipinski definition) is 8. The average Bonchev–Trinajstić information content (AvgIpc) is 2.93. The number of benzene rings is 1. The number of methoxy groups -OCH3 is 2. The third-order valence-electron chi connectivity index (χ3n) is 2.25. The Labute approximate surface area is 108 Å². The standard InChI is InChI=1S/C10H12N6O3/c1-18-6-3-8(17)7(9(4-6)19-2)5-11-12-10-13-15-16-14-10/h3-5,17H,1-2H3,(H2,12,13,14,15,16)/b11-5-. The van der Waals surface area contributed by atoms with Crippen molar-refractivity contribution in [3.8, 4) is 17.2 Å². The van der Waals surface area contributed by atoms with Crippen LogP contribution in [0.2, 0.25) is 0 Å². The molecule has 100 valence electrons. The molecule has 0 unspecified atom stereocenters. The molecular weight excluding hydrogens is 252 g/mol. The van der Waals surface area contributed by atoms with Gasteiger partial charge in [-0.3, -0.25) is 0 Å². The van der Waals surface area contributed by atoms with Crippen LogP contribution in [0.4, 0.5) is 5.95 Å². The normalized spacial score (nSPS) is 10.6. The van der Waals surface area contributed by atoms with E-state index in [0.717, 1.165) is 0 Å². The van der Waals surface area contributed by atoms with Crippen LogP contribution in [0.25, 0.3) is 0 Å². The van der Waals surface area contributed by atoms with Crippen LogP contribution < -0.4 is 14.9 Å². The maximum absolute atomic E-state index is 9.86. The first kappa shape index (κ1) is 12.6. The van der Waals surface area contributed by atoms with Gasteiger partial charge in [-0.15, -0.1) is 5.10 Å². The highest BCUT2D eigenvalue weighted by molar-refractivity contribution is 5.88. The smallest absolute Gasteiger partial charge is 0.283 e. The van der Waals surface area contributed by atoms with E-state index in [1.807, 2.05) is 0 Å². The molecule has 19 heavy (non-hydrogen) atoms. The molecule has 0 bridgehead atoms. The van der Waals surface area contributed by atoms with Gasteiger partial charge in [0.1, 0.15) is 17.2 Å². The number of rotatable bonds is 5. The van der Waals surface area contributed by atoms with Gasteiger partial charge in [0.15, 0.2) is 0 Å². The van der Waals surface area contributed by atoms with Gasteiger partial charge in [-0.25, -0.2) is 5.43 Å². The molecule has 0 amide bonds. The summed E-state index contributed by atoms with van der Waals surface area (Å²) in [5, 5.41) is 26.7. The van der Waals surface area contributed by atoms with Crippen LogP contribution in [0.15, 0.2) is 17.2 Å². The van der Waals surface area contributed by atoms with Gasteiger partial charge < -0.3 is 14.6 Å². The number of hydrogen-bond donors (Lipinski definition) is 3. The molecule has 0 aliphatic rings. The molecule has 0 aliphatic carbocycles. The number of aromatic amines is 1. The van der Waals surface area contributed by atoms with Gasteiger partial charge in [0, 0.05) is 12.1 Å². The largest absolute Gasteiger partial charge is 0.507 e. The monoisotopic (exact) mass is 264 g/mol. The van der Waals surface area contributed by atoms with E-state index in [1.54, 1.807) is 6.07 Å². The number of aromatic hydroxyl groups is 1. The molecule has 0 spiro atoms. The van der Waals surface area contributed by atoms with Crippen LogP contribution in [-0.2, 0) is 0 Å². The predicted octanol–water partition coefficient (Wildman–Crippen LogP) is 0.368. The van der Waals surface area contributed by atoms with Crippen LogP contribution in [-0.4, -0.2) is 46.2 Å². The fourth-order valence-corrected chi connectivity index (χ4v) is 1.37. The fourth-order valence-electron chi connectivity index (χ4n) is 1.37. The number of anilines is 1. The number of phenolic OH excluding ortho intramolecular Hbond substituents is 1. The molecule has 1 aromatic heterocycles. The van der Waals surface area contributed by atoms with Gasteiger partial charge >= 0.3 is 0 Å². The van der Waals surface area contributed by atoms with Crippen molar-refractivity contribution in [1.82, 2.24) is 20.6 Å². The van der Waals surface area contributed by atoms with Gasteiger partial charge in [-0.1, -0.05) is 5.10 Å². The van der Waals surface area contributed by atoms with Crippen LogP contribution in [0.1, 0.15) is 5.56 Å². The Balaban J connectivity index is 2.21. The summed E-state index contributed by atoms with van der Waals surface area (Å²) in [6.45, 7) is 0. The molecule has 3 N–H and O–H groups in total. The minimum atomic E-state index is -0.0186. The van der Waals surface area contributed by atoms with Crippen LogP contribution in [0.5, 0.6) is 17.2 Å². The summed E-state index contributed by atoms with van der Waals surface area (Å²) in [4.78, 5) is 0. The highest BCUT2D eigenvalue weighted by atomic mass is 16.5. The zero-order valence-corrected chi connectivity index (χ0v) is 10.3. The summed E-state index contributed by atoms with van der Waals surface area (Å²) in [7, 11) is 2.98. The molecule has 0 aliphatic heterocycles. The number of nitrogens with zero attached hydrogens (tertiary/aromatic N) is 4. The van der Waals surface area contributed by atoms with E-state index in [-0.39, 0.29) is 11.7 Å². The first-order valence-electron chi connectivity index (χ1n) is 5.22. The minimum absolute atomic E-state index is 0.0186.